The van der Waals surface area contributed by atoms with Gasteiger partial charge in [0.2, 0.25) is 0 Å². The van der Waals surface area contributed by atoms with E-state index in [2.05, 4.69) is 24.4 Å². The van der Waals surface area contributed by atoms with E-state index in [-0.39, 0.29) is 5.41 Å². The lowest BCUT2D eigenvalue weighted by Crippen LogP contribution is -2.26. The maximum Gasteiger partial charge on any atom is 0.123 e. The molecule has 0 radical (unpaired) electrons. The Morgan fingerprint density at radius 2 is 2.17 bits per heavy atom. The van der Waals surface area contributed by atoms with E-state index in [1.165, 1.54) is 11.1 Å². The van der Waals surface area contributed by atoms with Crippen molar-refractivity contribution in [3.05, 3.63) is 29.3 Å². The lowest BCUT2D eigenvalue weighted by molar-refractivity contribution is 0.207. The van der Waals surface area contributed by atoms with E-state index in [1.54, 1.807) is 7.11 Å². The number of rotatable bonds is 7. The first-order chi connectivity index (χ1) is 8.73. The molecule has 0 aliphatic heterocycles. The molecular weight excluding hydrogens is 226 g/mol. The molecule has 100 valence electrons. The van der Waals surface area contributed by atoms with Crippen molar-refractivity contribution in [2.24, 2.45) is 5.41 Å². The summed E-state index contributed by atoms with van der Waals surface area (Å²) in [5.74, 6) is 0.938. The number of hydrogen-bond donors (Lipinski definition) is 2. The zero-order valence-corrected chi connectivity index (χ0v) is 11.3. The lowest BCUT2D eigenvalue weighted by Gasteiger charge is -2.15. The first-order valence-corrected chi connectivity index (χ1v) is 6.70. The summed E-state index contributed by atoms with van der Waals surface area (Å²) in [4.78, 5) is 0. The van der Waals surface area contributed by atoms with Gasteiger partial charge < -0.3 is 15.2 Å². The van der Waals surface area contributed by atoms with E-state index in [0.717, 1.165) is 38.1 Å². The number of ether oxygens (including phenoxy) is 1. The maximum atomic E-state index is 9.27. The fraction of sp³-hybridized carbons (Fsp3) is 0.600. The van der Waals surface area contributed by atoms with Crippen LogP contribution in [0.4, 0.5) is 0 Å². The third-order valence-corrected chi connectivity index (χ3v) is 3.86. The molecule has 1 saturated carbocycles. The third-order valence-electron chi connectivity index (χ3n) is 3.86. The number of aliphatic hydroxyl groups is 1. The van der Waals surface area contributed by atoms with Gasteiger partial charge in [0.1, 0.15) is 5.75 Å². The van der Waals surface area contributed by atoms with Gasteiger partial charge in [-0.2, -0.15) is 0 Å². The average molecular weight is 249 g/mol. The number of hydrogen-bond acceptors (Lipinski definition) is 3. The molecule has 2 rings (SSSR count). The number of methoxy groups -OCH3 is 1. The fourth-order valence-electron chi connectivity index (χ4n) is 2.22. The molecule has 0 atom stereocenters. The van der Waals surface area contributed by atoms with E-state index in [1.807, 2.05) is 6.07 Å². The lowest BCUT2D eigenvalue weighted by atomic mass is 10.1. The van der Waals surface area contributed by atoms with Crippen LogP contribution in [-0.2, 0) is 13.0 Å². The first-order valence-electron chi connectivity index (χ1n) is 6.70. The Balaban J connectivity index is 1.94. The van der Waals surface area contributed by atoms with Crippen molar-refractivity contribution in [3.63, 3.8) is 0 Å². The highest BCUT2D eigenvalue weighted by atomic mass is 16.5. The van der Waals surface area contributed by atoms with Crippen molar-refractivity contribution in [2.75, 3.05) is 20.3 Å². The Bertz CT molecular complexity index is 399. The molecule has 1 aliphatic carbocycles. The Labute approximate surface area is 109 Å². The van der Waals surface area contributed by atoms with E-state index in [9.17, 15) is 5.11 Å². The molecule has 0 spiro atoms. The monoisotopic (exact) mass is 249 g/mol. The van der Waals surface area contributed by atoms with Gasteiger partial charge in [-0.3, -0.25) is 0 Å². The Morgan fingerprint density at radius 3 is 2.72 bits per heavy atom. The molecule has 18 heavy (non-hydrogen) atoms. The van der Waals surface area contributed by atoms with Crippen LogP contribution in [0.3, 0.4) is 0 Å². The van der Waals surface area contributed by atoms with Crippen LogP contribution in [0.2, 0.25) is 0 Å². The minimum absolute atomic E-state index is 0.162. The van der Waals surface area contributed by atoms with Gasteiger partial charge in [0, 0.05) is 30.7 Å². The Morgan fingerprint density at radius 1 is 1.39 bits per heavy atom. The maximum absolute atomic E-state index is 9.27. The highest BCUT2D eigenvalue weighted by Gasteiger charge is 2.41. The third kappa shape index (κ3) is 3.03. The standard InChI is InChI=1S/C15H23NO2/c1-3-12-4-5-14(18-2)13(8-12)9-16-10-15(11-17)6-7-15/h4-5,8,16-17H,3,6-7,9-11H2,1-2H3. The van der Waals surface area contributed by atoms with Crippen LogP contribution in [-0.4, -0.2) is 25.4 Å². The number of aryl methyl sites for hydroxylation is 1. The zero-order valence-electron chi connectivity index (χ0n) is 11.3. The van der Waals surface area contributed by atoms with E-state index >= 15 is 0 Å². The number of benzene rings is 1. The Hall–Kier alpha value is -1.06. The summed E-state index contributed by atoms with van der Waals surface area (Å²) < 4.78 is 5.38. The van der Waals surface area contributed by atoms with Crippen molar-refractivity contribution in [3.8, 4) is 5.75 Å². The zero-order chi connectivity index (χ0) is 13.0. The smallest absolute Gasteiger partial charge is 0.123 e. The second-order valence-corrected chi connectivity index (χ2v) is 5.26. The van der Waals surface area contributed by atoms with Crippen LogP contribution < -0.4 is 10.1 Å². The van der Waals surface area contributed by atoms with Crippen molar-refractivity contribution < 1.29 is 9.84 Å². The number of nitrogens with one attached hydrogen (secondary N) is 1. The Kier molecular flexibility index (Phi) is 4.25. The number of aliphatic hydroxyl groups excluding tert-OH is 1. The predicted octanol–water partition coefficient (Wildman–Crippen LogP) is 2.12. The SMILES string of the molecule is CCc1ccc(OC)c(CNCC2(CO)CC2)c1. The molecule has 1 aromatic carbocycles. The van der Waals surface area contributed by atoms with Crippen molar-refractivity contribution in [2.45, 2.75) is 32.7 Å². The molecular formula is C15H23NO2. The molecule has 1 aromatic rings. The predicted molar refractivity (Wildman–Crippen MR) is 72.8 cm³/mol. The van der Waals surface area contributed by atoms with Crippen LogP contribution >= 0.6 is 0 Å². The van der Waals surface area contributed by atoms with Gasteiger partial charge in [-0.1, -0.05) is 19.1 Å². The first kappa shape index (κ1) is 13.4. The molecule has 2 N–H and O–H groups in total. The molecule has 0 unspecified atom stereocenters. The van der Waals surface area contributed by atoms with E-state index in [0.29, 0.717) is 6.61 Å². The molecule has 3 nitrogen and oxygen atoms in total. The summed E-state index contributed by atoms with van der Waals surface area (Å²) >= 11 is 0. The average Bonchev–Trinajstić information content (AvgIpc) is 3.19. The topological polar surface area (TPSA) is 41.5 Å². The molecule has 1 fully saturated rings. The summed E-state index contributed by atoms with van der Waals surface area (Å²) in [6, 6.07) is 6.34. The van der Waals surface area contributed by atoms with Gasteiger partial charge in [0.05, 0.1) is 7.11 Å². The molecule has 0 amide bonds. The van der Waals surface area contributed by atoms with Crippen LogP contribution in [0.15, 0.2) is 18.2 Å². The fourth-order valence-corrected chi connectivity index (χ4v) is 2.22. The highest BCUT2D eigenvalue weighted by molar-refractivity contribution is 5.37. The molecule has 3 heteroatoms. The van der Waals surface area contributed by atoms with Gasteiger partial charge >= 0.3 is 0 Å². The molecule has 0 bridgehead atoms. The summed E-state index contributed by atoms with van der Waals surface area (Å²) in [5.41, 5.74) is 2.69. The van der Waals surface area contributed by atoms with Gasteiger partial charge in [-0.25, -0.2) is 0 Å². The van der Waals surface area contributed by atoms with Gasteiger partial charge in [-0.05, 0) is 30.9 Å². The van der Waals surface area contributed by atoms with E-state index in [4.69, 9.17) is 4.74 Å². The summed E-state index contributed by atoms with van der Waals surface area (Å²) in [7, 11) is 1.71. The normalized spacial score (nSPS) is 16.6. The minimum Gasteiger partial charge on any atom is -0.496 e. The van der Waals surface area contributed by atoms with Crippen LogP contribution in [0.5, 0.6) is 5.75 Å². The van der Waals surface area contributed by atoms with Gasteiger partial charge in [0.15, 0.2) is 0 Å². The van der Waals surface area contributed by atoms with Gasteiger partial charge in [0.25, 0.3) is 0 Å². The van der Waals surface area contributed by atoms with Gasteiger partial charge in [-0.15, -0.1) is 0 Å². The molecule has 0 aromatic heterocycles. The van der Waals surface area contributed by atoms with Crippen molar-refractivity contribution in [1.82, 2.24) is 5.32 Å². The largest absolute Gasteiger partial charge is 0.496 e. The molecule has 0 heterocycles. The summed E-state index contributed by atoms with van der Waals surface area (Å²) in [6.07, 6.45) is 3.32. The van der Waals surface area contributed by atoms with E-state index < -0.39 is 0 Å². The quantitative estimate of drug-likeness (QED) is 0.778. The highest BCUT2D eigenvalue weighted by Crippen LogP contribution is 2.44. The van der Waals surface area contributed by atoms with Crippen LogP contribution in [0, 0.1) is 5.41 Å². The summed E-state index contributed by atoms with van der Waals surface area (Å²) in [6.45, 7) is 4.15. The summed E-state index contributed by atoms with van der Waals surface area (Å²) in [5, 5.41) is 12.7. The van der Waals surface area contributed by atoms with Crippen molar-refractivity contribution >= 4 is 0 Å². The van der Waals surface area contributed by atoms with Crippen molar-refractivity contribution in [1.29, 1.82) is 0 Å². The van der Waals surface area contributed by atoms with Crippen LogP contribution in [0.1, 0.15) is 30.9 Å². The minimum atomic E-state index is 0.162. The molecule has 1 aliphatic rings. The second-order valence-electron chi connectivity index (χ2n) is 5.26. The molecule has 0 saturated heterocycles. The van der Waals surface area contributed by atoms with Crippen LogP contribution in [0.25, 0.3) is 0 Å². The second kappa shape index (κ2) is 5.72.